The number of sulfonamides is 1. The summed E-state index contributed by atoms with van der Waals surface area (Å²) >= 11 is 0. The maximum absolute atomic E-state index is 13.6. The van der Waals surface area contributed by atoms with Gasteiger partial charge < -0.3 is 5.73 Å². The third-order valence-electron chi connectivity index (χ3n) is 2.38. The molecular weight excluding hydrogens is 276 g/mol. The van der Waals surface area contributed by atoms with E-state index in [1.165, 1.54) is 0 Å². The molecule has 0 unspecified atom stereocenters. The average Bonchev–Trinajstić information content (AvgIpc) is 2.28. The van der Waals surface area contributed by atoms with Crippen molar-refractivity contribution in [3.63, 3.8) is 0 Å². The number of halogens is 2. The van der Waals surface area contributed by atoms with Crippen LogP contribution in [0.5, 0.6) is 0 Å². The van der Waals surface area contributed by atoms with Crippen molar-refractivity contribution in [3.05, 3.63) is 29.8 Å². The van der Waals surface area contributed by atoms with Crippen LogP contribution >= 0.6 is 0 Å². The Kier molecular flexibility index (Phi) is 4.59. The summed E-state index contributed by atoms with van der Waals surface area (Å²) < 4.78 is 52.0. The van der Waals surface area contributed by atoms with E-state index in [0.717, 1.165) is 16.4 Å². The minimum atomic E-state index is -4.25. The molecule has 3 N–H and O–H groups in total. The van der Waals surface area contributed by atoms with Gasteiger partial charge in [0, 0.05) is 6.04 Å². The molecule has 0 bridgehead atoms. The van der Waals surface area contributed by atoms with Crippen molar-refractivity contribution in [2.24, 2.45) is 5.73 Å². The molecule has 19 heavy (non-hydrogen) atoms. The van der Waals surface area contributed by atoms with Gasteiger partial charge in [-0.15, -0.1) is 0 Å². The molecule has 0 aromatic heterocycles. The van der Waals surface area contributed by atoms with Crippen LogP contribution in [0.25, 0.3) is 0 Å². The van der Waals surface area contributed by atoms with Gasteiger partial charge >= 0.3 is 0 Å². The summed E-state index contributed by atoms with van der Waals surface area (Å²) in [5.41, 5.74) is 5.18. The van der Waals surface area contributed by atoms with E-state index in [2.05, 4.69) is 0 Å². The molecule has 0 aliphatic heterocycles. The first-order valence-electron chi connectivity index (χ1n) is 5.46. The van der Waals surface area contributed by atoms with Crippen LogP contribution in [0.3, 0.4) is 0 Å². The molecule has 0 aliphatic rings. The molecule has 0 aliphatic carbocycles. The Hall–Kier alpha value is -1.54. The SMILES string of the molecule is CC(C)N(CC(=N)N)S(=O)(=O)c1cc(F)ccc1F. The Bertz CT molecular complexity index is 588. The summed E-state index contributed by atoms with van der Waals surface area (Å²) in [6.45, 7) is 2.73. The zero-order chi connectivity index (χ0) is 14.8. The molecule has 0 atom stereocenters. The topological polar surface area (TPSA) is 87.2 Å². The van der Waals surface area contributed by atoms with E-state index in [0.29, 0.717) is 6.07 Å². The molecule has 1 aromatic rings. The minimum Gasteiger partial charge on any atom is -0.387 e. The molecule has 0 spiro atoms. The number of nitrogens with two attached hydrogens (primary N) is 1. The Labute approximate surface area is 110 Å². The van der Waals surface area contributed by atoms with Crippen LogP contribution in [0.15, 0.2) is 23.1 Å². The van der Waals surface area contributed by atoms with Crippen LogP contribution in [-0.4, -0.2) is 31.1 Å². The largest absolute Gasteiger partial charge is 0.387 e. The normalized spacial score (nSPS) is 12.1. The molecule has 8 heteroatoms. The monoisotopic (exact) mass is 291 g/mol. The van der Waals surface area contributed by atoms with E-state index < -0.39 is 32.6 Å². The van der Waals surface area contributed by atoms with Gasteiger partial charge in [-0.2, -0.15) is 4.31 Å². The highest BCUT2D eigenvalue weighted by atomic mass is 32.2. The first-order valence-corrected chi connectivity index (χ1v) is 6.90. The molecule has 0 saturated carbocycles. The molecule has 0 amide bonds. The van der Waals surface area contributed by atoms with E-state index in [4.69, 9.17) is 11.1 Å². The van der Waals surface area contributed by atoms with Crippen LogP contribution in [0.2, 0.25) is 0 Å². The Morgan fingerprint density at radius 1 is 1.42 bits per heavy atom. The number of rotatable bonds is 5. The molecule has 1 aromatic carbocycles. The number of amidine groups is 1. The van der Waals surface area contributed by atoms with Gasteiger partial charge in [0.15, 0.2) is 0 Å². The molecule has 0 heterocycles. The molecule has 1 rings (SSSR count). The van der Waals surface area contributed by atoms with E-state index in [1.54, 1.807) is 13.8 Å². The number of nitrogens with one attached hydrogen (secondary N) is 1. The Balaban J connectivity index is 3.34. The van der Waals surface area contributed by atoms with Crippen molar-refractivity contribution in [1.29, 1.82) is 5.41 Å². The fourth-order valence-electron chi connectivity index (χ4n) is 1.51. The summed E-state index contributed by atoms with van der Waals surface area (Å²) in [5, 5.41) is 7.16. The van der Waals surface area contributed by atoms with Crippen LogP contribution in [0.4, 0.5) is 8.78 Å². The third-order valence-corrected chi connectivity index (χ3v) is 4.42. The first kappa shape index (κ1) is 15.5. The van der Waals surface area contributed by atoms with Gasteiger partial charge in [0.1, 0.15) is 22.4 Å². The average molecular weight is 291 g/mol. The van der Waals surface area contributed by atoms with Crippen molar-refractivity contribution < 1.29 is 17.2 Å². The lowest BCUT2D eigenvalue weighted by molar-refractivity contribution is 0.385. The van der Waals surface area contributed by atoms with Crippen LogP contribution in [0, 0.1) is 17.0 Å². The lowest BCUT2D eigenvalue weighted by Crippen LogP contribution is -2.42. The van der Waals surface area contributed by atoms with Gasteiger partial charge in [0.2, 0.25) is 10.0 Å². The first-order chi connectivity index (χ1) is 8.66. The van der Waals surface area contributed by atoms with E-state index in [1.807, 2.05) is 0 Å². The van der Waals surface area contributed by atoms with Gasteiger partial charge in [-0.25, -0.2) is 17.2 Å². The van der Waals surface area contributed by atoms with Gasteiger partial charge in [0.25, 0.3) is 0 Å². The van der Waals surface area contributed by atoms with Crippen LogP contribution in [-0.2, 0) is 10.0 Å². The van der Waals surface area contributed by atoms with Crippen LogP contribution in [0.1, 0.15) is 13.8 Å². The van der Waals surface area contributed by atoms with Crippen molar-refractivity contribution in [2.75, 3.05) is 6.54 Å². The van der Waals surface area contributed by atoms with Crippen LogP contribution < -0.4 is 5.73 Å². The van der Waals surface area contributed by atoms with Crippen molar-refractivity contribution in [1.82, 2.24) is 4.31 Å². The lowest BCUT2D eigenvalue weighted by Gasteiger charge is -2.25. The number of hydrogen-bond donors (Lipinski definition) is 2. The number of benzene rings is 1. The summed E-state index contributed by atoms with van der Waals surface area (Å²) in [7, 11) is -4.25. The minimum absolute atomic E-state index is 0.379. The highest BCUT2D eigenvalue weighted by Gasteiger charge is 2.30. The number of hydrogen-bond acceptors (Lipinski definition) is 3. The maximum atomic E-state index is 13.6. The maximum Gasteiger partial charge on any atom is 0.246 e. The van der Waals surface area contributed by atoms with Crippen molar-refractivity contribution in [2.45, 2.75) is 24.8 Å². The van der Waals surface area contributed by atoms with Gasteiger partial charge in [-0.3, -0.25) is 5.41 Å². The molecule has 106 valence electrons. The number of nitrogens with zero attached hydrogens (tertiary/aromatic N) is 1. The second-order valence-corrected chi connectivity index (χ2v) is 6.10. The van der Waals surface area contributed by atoms with Gasteiger partial charge in [-0.1, -0.05) is 0 Å². The van der Waals surface area contributed by atoms with E-state index in [-0.39, 0.29) is 12.4 Å². The highest BCUT2D eigenvalue weighted by molar-refractivity contribution is 7.89. The quantitative estimate of drug-likeness (QED) is 0.633. The zero-order valence-electron chi connectivity index (χ0n) is 10.5. The fraction of sp³-hybridized carbons (Fsp3) is 0.364. The van der Waals surface area contributed by atoms with Crippen molar-refractivity contribution >= 4 is 15.9 Å². The summed E-state index contributed by atoms with van der Waals surface area (Å²) in [6.07, 6.45) is 0. The second-order valence-electron chi connectivity index (χ2n) is 4.24. The zero-order valence-corrected chi connectivity index (χ0v) is 11.3. The second kappa shape index (κ2) is 5.62. The molecule has 0 fully saturated rings. The Morgan fingerprint density at radius 3 is 2.47 bits per heavy atom. The van der Waals surface area contributed by atoms with Gasteiger partial charge in [-0.05, 0) is 32.0 Å². The third kappa shape index (κ3) is 3.48. The standard InChI is InChI=1S/C11H15F2N3O2S/c1-7(2)16(6-11(14)15)19(17,18)10-5-8(12)3-4-9(10)13/h3-5,7H,6H2,1-2H3,(H3,14,15). The fourth-order valence-corrected chi connectivity index (χ4v) is 3.21. The molecule has 0 radical (unpaired) electrons. The van der Waals surface area contributed by atoms with Gasteiger partial charge in [0.05, 0.1) is 6.54 Å². The molecular formula is C11H15F2N3O2S. The molecule has 0 saturated heterocycles. The lowest BCUT2D eigenvalue weighted by atomic mass is 10.3. The predicted octanol–water partition coefficient (Wildman–Crippen LogP) is 1.30. The highest BCUT2D eigenvalue weighted by Crippen LogP contribution is 2.21. The van der Waals surface area contributed by atoms with E-state index >= 15 is 0 Å². The summed E-state index contributed by atoms with van der Waals surface area (Å²) in [5.74, 6) is -2.28. The van der Waals surface area contributed by atoms with E-state index in [9.17, 15) is 17.2 Å². The smallest absolute Gasteiger partial charge is 0.246 e. The van der Waals surface area contributed by atoms with Crippen molar-refractivity contribution in [3.8, 4) is 0 Å². The summed E-state index contributed by atoms with van der Waals surface area (Å²) in [6, 6.07) is 1.64. The Morgan fingerprint density at radius 2 is 2.00 bits per heavy atom. The summed E-state index contributed by atoms with van der Waals surface area (Å²) in [4.78, 5) is -0.762. The predicted molar refractivity (Wildman–Crippen MR) is 67.3 cm³/mol. The molecule has 5 nitrogen and oxygen atoms in total.